The summed E-state index contributed by atoms with van der Waals surface area (Å²) in [5.41, 5.74) is 0. The Hall–Kier alpha value is -1.04. The molecule has 0 aromatic rings. The van der Waals surface area contributed by atoms with E-state index >= 15 is 0 Å². The Morgan fingerprint density at radius 3 is 2.83 bits per heavy atom. The molecule has 1 N–H and O–H groups in total. The standard InChI is InChI=1S/C12H19F3N2O/c1-3-6-16-11(18)9(2)17-7-4-5-10(8-17)12(13,14)15/h3,9-10H,1,4-8H2,2H3,(H,16,18)/t9-,10+/m1/s1. The normalized spacial score (nSPS) is 23.4. The first-order valence-corrected chi connectivity index (χ1v) is 6.05. The van der Waals surface area contributed by atoms with Gasteiger partial charge in [-0.3, -0.25) is 9.69 Å². The molecule has 3 nitrogen and oxygen atoms in total. The number of carbonyl (C=O) groups is 1. The summed E-state index contributed by atoms with van der Waals surface area (Å²) in [6, 6.07) is -0.532. The summed E-state index contributed by atoms with van der Waals surface area (Å²) < 4.78 is 37.9. The van der Waals surface area contributed by atoms with Crippen molar-refractivity contribution in [2.45, 2.75) is 32.0 Å². The smallest absolute Gasteiger partial charge is 0.351 e. The van der Waals surface area contributed by atoms with E-state index < -0.39 is 18.1 Å². The van der Waals surface area contributed by atoms with Gasteiger partial charge in [0.15, 0.2) is 0 Å². The number of nitrogens with one attached hydrogen (secondary N) is 1. The highest BCUT2D eigenvalue weighted by Crippen LogP contribution is 2.33. The van der Waals surface area contributed by atoms with E-state index in [0.717, 1.165) is 0 Å². The second kappa shape index (κ2) is 6.22. The maximum Gasteiger partial charge on any atom is 0.393 e. The molecule has 104 valence electrons. The number of hydrogen-bond acceptors (Lipinski definition) is 2. The second-order valence-corrected chi connectivity index (χ2v) is 4.59. The molecule has 1 heterocycles. The van der Waals surface area contributed by atoms with E-state index in [4.69, 9.17) is 0 Å². The van der Waals surface area contributed by atoms with Gasteiger partial charge in [0.25, 0.3) is 0 Å². The molecule has 1 rings (SSSR count). The molecule has 0 saturated carbocycles. The number of likely N-dealkylation sites (tertiary alicyclic amines) is 1. The average Bonchev–Trinajstić information content (AvgIpc) is 2.34. The Bertz CT molecular complexity index is 304. The van der Waals surface area contributed by atoms with Crippen LogP contribution in [0.25, 0.3) is 0 Å². The van der Waals surface area contributed by atoms with Gasteiger partial charge in [0.2, 0.25) is 5.91 Å². The molecule has 0 bridgehead atoms. The number of carbonyl (C=O) groups excluding carboxylic acids is 1. The zero-order valence-corrected chi connectivity index (χ0v) is 10.5. The first-order chi connectivity index (χ1) is 8.36. The van der Waals surface area contributed by atoms with Crippen LogP contribution >= 0.6 is 0 Å². The predicted octanol–water partition coefficient (Wildman–Crippen LogP) is 1.95. The van der Waals surface area contributed by atoms with Crippen molar-refractivity contribution in [1.29, 1.82) is 0 Å². The van der Waals surface area contributed by atoms with Crippen molar-refractivity contribution < 1.29 is 18.0 Å². The van der Waals surface area contributed by atoms with Crippen LogP contribution in [0.5, 0.6) is 0 Å². The van der Waals surface area contributed by atoms with Crippen LogP contribution in [0.1, 0.15) is 19.8 Å². The average molecular weight is 264 g/mol. The highest BCUT2D eigenvalue weighted by Gasteiger charge is 2.43. The molecule has 1 aliphatic rings. The van der Waals surface area contributed by atoms with Gasteiger partial charge in [-0.1, -0.05) is 6.08 Å². The van der Waals surface area contributed by atoms with Crippen molar-refractivity contribution in [3.05, 3.63) is 12.7 Å². The number of piperidine rings is 1. The second-order valence-electron chi connectivity index (χ2n) is 4.59. The van der Waals surface area contributed by atoms with Crippen molar-refractivity contribution in [1.82, 2.24) is 10.2 Å². The third kappa shape index (κ3) is 4.01. The molecule has 0 aromatic carbocycles. The van der Waals surface area contributed by atoms with E-state index in [2.05, 4.69) is 11.9 Å². The predicted molar refractivity (Wildman–Crippen MR) is 63.0 cm³/mol. The van der Waals surface area contributed by atoms with Crippen molar-refractivity contribution in [3.8, 4) is 0 Å². The molecule has 1 aliphatic heterocycles. The highest BCUT2D eigenvalue weighted by atomic mass is 19.4. The topological polar surface area (TPSA) is 32.3 Å². The van der Waals surface area contributed by atoms with Crippen LogP contribution in [-0.2, 0) is 4.79 Å². The fourth-order valence-electron chi connectivity index (χ4n) is 2.11. The minimum absolute atomic E-state index is 0.0911. The molecule has 18 heavy (non-hydrogen) atoms. The van der Waals surface area contributed by atoms with Gasteiger partial charge in [0.05, 0.1) is 12.0 Å². The van der Waals surface area contributed by atoms with E-state index in [0.29, 0.717) is 19.5 Å². The third-order valence-corrected chi connectivity index (χ3v) is 3.26. The number of halogens is 3. The van der Waals surface area contributed by atoms with Gasteiger partial charge in [0, 0.05) is 13.1 Å². The Balaban J connectivity index is 2.55. The monoisotopic (exact) mass is 264 g/mol. The molecule has 0 unspecified atom stereocenters. The molecule has 0 spiro atoms. The Morgan fingerprint density at radius 2 is 2.28 bits per heavy atom. The summed E-state index contributed by atoms with van der Waals surface area (Å²) in [4.78, 5) is 13.3. The maximum absolute atomic E-state index is 12.6. The van der Waals surface area contributed by atoms with E-state index in [1.54, 1.807) is 17.9 Å². The molecule has 1 fully saturated rings. The number of rotatable bonds is 4. The lowest BCUT2D eigenvalue weighted by atomic mass is 9.96. The molecule has 6 heteroatoms. The van der Waals surface area contributed by atoms with Gasteiger partial charge < -0.3 is 5.32 Å². The van der Waals surface area contributed by atoms with E-state index in [1.165, 1.54) is 0 Å². The van der Waals surface area contributed by atoms with Gasteiger partial charge in [0.1, 0.15) is 0 Å². The van der Waals surface area contributed by atoms with Crippen molar-refractivity contribution >= 4 is 5.91 Å². The van der Waals surface area contributed by atoms with Crippen LogP contribution in [0.15, 0.2) is 12.7 Å². The first-order valence-electron chi connectivity index (χ1n) is 6.05. The first kappa shape index (κ1) is 15.0. The van der Waals surface area contributed by atoms with Gasteiger partial charge >= 0.3 is 6.18 Å². The van der Waals surface area contributed by atoms with Crippen molar-refractivity contribution in [2.24, 2.45) is 5.92 Å². The molecule has 0 aliphatic carbocycles. The summed E-state index contributed by atoms with van der Waals surface area (Å²) in [7, 11) is 0. The minimum atomic E-state index is -4.17. The molecule has 1 saturated heterocycles. The van der Waals surface area contributed by atoms with E-state index in [-0.39, 0.29) is 18.9 Å². The molecular weight excluding hydrogens is 245 g/mol. The molecule has 0 aromatic heterocycles. The van der Waals surface area contributed by atoms with Gasteiger partial charge in [-0.2, -0.15) is 13.2 Å². The molecule has 2 atom stereocenters. The summed E-state index contributed by atoms with van der Waals surface area (Å²) in [6.45, 7) is 5.89. The van der Waals surface area contributed by atoms with Crippen LogP contribution in [-0.4, -0.2) is 42.7 Å². The largest absolute Gasteiger partial charge is 0.393 e. The lowest BCUT2D eigenvalue weighted by molar-refractivity contribution is -0.188. The zero-order valence-electron chi connectivity index (χ0n) is 10.5. The number of alkyl halides is 3. The fraction of sp³-hybridized carbons (Fsp3) is 0.750. The van der Waals surface area contributed by atoms with Crippen LogP contribution in [0.4, 0.5) is 13.2 Å². The van der Waals surface area contributed by atoms with Crippen LogP contribution in [0.3, 0.4) is 0 Å². The molecule has 0 radical (unpaired) electrons. The molecular formula is C12H19F3N2O. The minimum Gasteiger partial charge on any atom is -0.351 e. The lowest BCUT2D eigenvalue weighted by Crippen LogP contribution is -2.51. The lowest BCUT2D eigenvalue weighted by Gasteiger charge is -2.36. The maximum atomic E-state index is 12.6. The van der Waals surface area contributed by atoms with Gasteiger partial charge in [-0.05, 0) is 26.3 Å². The van der Waals surface area contributed by atoms with Crippen LogP contribution in [0, 0.1) is 5.92 Å². The molecule has 1 amide bonds. The Kier molecular flexibility index (Phi) is 5.19. The zero-order chi connectivity index (χ0) is 13.8. The van der Waals surface area contributed by atoms with Gasteiger partial charge in [-0.25, -0.2) is 0 Å². The van der Waals surface area contributed by atoms with E-state index in [1.807, 2.05) is 0 Å². The number of nitrogens with zero attached hydrogens (tertiary/aromatic N) is 1. The fourth-order valence-corrected chi connectivity index (χ4v) is 2.11. The summed E-state index contributed by atoms with van der Waals surface area (Å²) in [5.74, 6) is -1.57. The number of amides is 1. The third-order valence-electron chi connectivity index (χ3n) is 3.26. The van der Waals surface area contributed by atoms with Crippen LogP contribution in [0.2, 0.25) is 0 Å². The van der Waals surface area contributed by atoms with Crippen molar-refractivity contribution in [2.75, 3.05) is 19.6 Å². The number of hydrogen-bond donors (Lipinski definition) is 1. The van der Waals surface area contributed by atoms with E-state index in [9.17, 15) is 18.0 Å². The van der Waals surface area contributed by atoms with Gasteiger partial charge in [-0.15, -0.1) is 6.58 Å². The summed E-state index contributed by atoms with van der Waals surface area (Å²) in [5, 5.41) is 2.60. The van der Waals surface area contributed by atoms with Crippen LogP contribution < -0.4 is 5.32 Å². The summed E-state index contributed by atoms with van der Waals surface area (Å²) >= 11 is 0. The Morgan fingerprint density at radius 1 is 1.61 bits per heavy atom. The summed E-state index contributed by atoms with van der Waals surface area (Å²) in [6.07, 6.45) is -2.00. The quantitative estimate of drug-likeness (QED) is 0.787. The highest BCUT2D eigenvalue weighted by molar-refractivity contribution is 5.81. The SMILES string of the molecule is C=CCNC(=O)[C@@H](C)N1CCC[C@H](C(F)(F)F)C1. The van der Waals surface area contributed by atoms with Crippen molar-refractivity contribution in [3.63, 3.8) is 0 Å². The Labute approximate surface area is 105 Å².